The molecule has 3 rings (SSSR count). The van der Waals surface area contributed by atoms with Gasteiger partial charge < -0.3 is 10.2 Å². The fourth-order valence-electron chi connectivity index (χ4n) is 2.83. The lowest BCUT2D eigenvalue weighted by atomic mass is 10.1. The van der Waals surface area contributed by atoms with Crippen LogP contribution in [0.4, 0.5) is 10.1 Å². The van der Waals surface area contributed by atoms with Gasteiger partial charge in [0.2, 0.25) is 11.8 Å². The molecule has 2 amide bonds. The summed E-state index contributed by atoms with van der Waals surface area (Å²) in [5.74, 6) is -1.21. The van der Waals surface area contributed by atoms with E-state index in [2.05, 4.69) is 5.32 Å². The molecule has 0 radical (unpaired) electrons. The van der Waals surface area contributed by atoms with Crippen molar-refractivity contribution in [2.75, 3.05) is 11.4 Å². The number of rotatable bonds is 4. The normalized spacial score (nSPS) is 16.7. The average molecular weight is 349 g/mol. The molecule has 130 valence electrons. The molecule has 0 bridgehead atoms. The van der Waals surface area contributed by atoms with Crippen molar-refractivity contribution in [2.45, 2.75) is 12.5 Å². The summed E-state index contributed by atoms with van der Waals surface area (Å²) in [4.78, 5) is 25.9. The molecule has 2 aromatic carbocycles. The van der Waals surface area contributed by atoms with Gasteiger partial charge in [-0.25, -0.2) is 4.39 Å². The second-order valence-electron chi connectivity index (χ2n) is 5.86. The largest absolute Gasteiger partial charge is 0.341 e. The molecule has 0 spiro atoms. The summed E-state index contributed by atoms with van der Waals surface area (Å²) in [7, 11) is 0. The van der Waals surface area contributed by atoms with Gasteiger partial charge in [-0.2, -0.15) is 5.26 Å². The molecule has 1 aliphatic rings. The molecule has 1 saturated heterocycles. The van der Waals surface area contributed by atoms with E-state index < -0.39 is 17.8 Å². The zero-order valence-corrected chi connectivity index (χ0v) is 13.9. The number of hydrogen-bond donors (Lipinski definition) is 1. The zero-order valence-electron chi connectivity index (χ0n) is 13.9. The monoisotopic (exact) mass is 349 g/mol. The number of nitrogens with one attached hydrogen (secondary N) is 1. The standard InChI is InChI=1S/C20H16FN3O2/c21-16-6-1-2-7-18(16)24-11-10-17(20(24)26)23-19(25)9-8-14-4-3-5-15(12-14)13-22/h1-9,12,17H,10-11H2,(H,23,25)/b9-8+/t17-/m0/s1. The summed E-state index contributed by atoms with van der Waals surface area (Å²) in [5, 5.41) is 11.5. The lowest BCUT2D eigenvalue weighted by Gasteiger charge is -2.17. The van der Waals surface area contributed by atoms with Gasteiger partial charge in [0.05, 0.1) is 17.3 Å². The average Bonchev–Trinajstić information content (AvgIpc) is 3.01. The van der Waals surface area contributed by atoms with Crippen molar-refractivity contribution in [3.8, 4) is 6.07 Å². The van der Waals surface area contributed by atoms with Crippen molar-refractivity contribution < 1.29 is 14.0 Å². The number of anilines is 1. The maximum absolute atomic E-state index is 13.9. The quantitative estimate of drug-likeness (QED) is 0.863. The lowest BCUT2D eigenvalue weighted by molar-refractivity contribution is -0.123. The molecule has 0 saturated carbocycles. The number of halogens is 1. The summed E-state index contributed by atoms with van der Waals surface area (Å²) in [6.45, 7) is 0.346. The molecule has 1 aliphatic heterocycles. The lowest BCUT2D eigenvalue weighted by Crippen LogP contribution is -2.41. The first-order valence-corrected chi connectivity index (χ1v) is 8.13. The Balaban J connectivity index is 1.63. The van der Waals surface area contributed by atoms with Gasteiger partial charge in [-0.3, -0.25) is 9.59 Å². The first-order chi connectivity index (χ1) is 12.6. The van der Waals surface area contributed by atoms with Crippen molar-refractivity contribution in [1.29, 1.82) is 5.26 Å². The molecule has 0 aromatic heterocycles. The van der Waals surface area contributed by atoms with E-state index in [1.807, 2.05) is 6.07 Å². The third kappa shape index (κ3) is 3.78. The van der Waals surface area contributed by atoms with Gasteiger partial charge >= 0.3 is 0 Å². The van der Waals surface area contributed by atoms with Crippen LogP contribution in [0.2, 0.25) is 0 Å². The SMILES string of the molecule is N#Cc1cccc(/C=C/C(=O)N[C@H]2CCN(c3ccccc3F)C2=O)c1. The highest BCUT2D eigenvalue weighted by Gasteiger charge is 2.34. The molecule has 2 aromatic rings. The van der Waals surface area contributed by atoms with Gasteiger partial charge in [0.1, 0.15) is 11.9 Å². The highest BCUT2D eigenvalue weighted by atomic mass is 19.1. The molecule has 5 nitrogen and oxygen atoms in total. The van der Waals surface area contributed by atoms with Crippen LogP contribution in [0, 0.1) is 17.1 Å². The Hall–Kier alpha value is -3.46. The molecule has 1 fully saturated rings. The molecule has 1 atom stereocenters. The highest BCUT2D eigenvalue weighted by Crippen LogP contribution is 2.24. The molecule has 1 N–H and O–H groups in total. The van der Waals surface area contributed by atoms with Crippen molar-refractivity contribution in [1.82, 2.24) is 5.32 Å². The number of hydrogen-bond acceptors (Lipinski definition) is 3. The molecular formula is C20H16FN3O2. The molecule has 26 heavy (non-hydrogen) atoms. The van der Waals surface area contributed by atoms with Gasteiger partial charge in [-0.1, -0.05) is 24.3 Å². The van der Waals surface area contributed by atoms with E-state index in [-0.39, 0.29) is 11.6 Å². The highest BCUT2D eigenvalue weighted by molar-refractivity contribution is 6.03. The van der Waals surface area contributed by atoms with Crippen molar-refractivity contribution in [2.24, 2.45) is 0 Å². The molecular weight excluding hydrogens is 333 g/mol. The van der Waals surface area contributed by atoms with Gasteiger partial charge in [0, 0.05) is 12.6 Å². The first-order valence-electron chi connectivity index (χ1n) is 8.13. The number of para-hydroxylation sites is 1. The Morgan fingerprint density at radius 1 is 1.27 bits per heavy atom. The number of carbonyl (C=O) groups is 2. The van der Waals surface area contributed by atoms with E-state index in [9.17, 15) is 14.0 Å². The van der Waals surface area contributed by atoms with Crippen molar-refractivity contribution >= 4 is 23.6 Å². The van der Waals surface area contributed by atoms with Gasteiger partial charge in [0.25, 0.3) is 0 Å². The smallest absolute Gasteiger partial charge is 0.249 e. The van der Waals surface area contributed by atoms with Gasteiger partial charge in [0.15, 0.2) is 0 Å². The van der Waals surface area contributed by atoms with E-state index >= 15 is 0 Å². The van der Waals surface area contributed by atoms with Crippen LogP contribution >= 0.6 is 0 Å². The molecule has 0 unspecified atom stereocenters. The van der Waals surface area contributed by atoms with Crippen molar-refractivity contribution in [3.63, 3.8) is 0 Å². The summed E-state index contributed by atoms with van der Waals surface area (Å²) in [6, 6.07) is 14.2. The van der Waals surface area contributed by atoms with Crippen LogP contribution in [0.5, 0.6) is 0 Å². The first kappa shape index (κ1) is 17.4. The van der Waals surface area contributed by atoms with Gasteiger partial charge in [-0.05, 0) is 42.3 Å². The zero-order chi connectivity index (χ0) is 18.5. The van der Waals surface area contributed by atoms with Gasteiger partial charge in [-0.15, -0.1) is 0 Å². The van der Waals surface area contributed by atoms with Crippen LogP contribution in [0.3, 0.4) is 0 Å². The van der Waals surface area contributed by atoms with E-state index in [0.717, 1.165) is 0 Å². The third-order valence-corrected chi connectivity index (χ3v) is 4.11. The molecule has 6 heteroatoms. The third-order valence-electron chi connectivity index (χ3n) is 4.11. The van der Waals surface area contributed by atoms with Crippen molar-refractivity contribution in [3.05, 3.63) is 71.6 Å². The minimum atomic E-state index is -0.683. The maximum atomic E-state index is 13.9. The van der Waals surface area contributed by atoms with Crippen LogP contribution in [-0.4, -0.2) is 24.4 Å². The predicted octanol–water partition coefficient (Wildman–Crippen LogP) is 2.63. The number of amides is 2. The van der Waals surface area contributed by atoms with E-state index in [1.54, 1.807) is 48.5 Å². The number of carbonyl (C=O) groups excluding carboxylic acids is 2. The second-order valence-corrected chi connectivity index (χ2v) is 5.86. The number of nitrogens with zero attached hydrogens (tertiary/aromatic N) is 2. The minimum Gasteiger partial charge on any atom is -0.341 e. The van der Waals surface area contributed by atoms with E-state index in [0.29, 0.717) is 24.1 Å². The Morgan fingerprint density at radius 3 is 2.85 bits per heavy atom. The summed E-state index contributed by atoms with van der Waals surface area (Å²) in [5.41, 5.74) is 1.43. The van der Waals surface area contributed by atoms with Crippen LogP contribution in [0.25, 0.3) is 6.08 Å². The molecule has 1 heterocycles. The minimum absolute atomic E-state index is 0.220. The van der Waals surface area contributed by atoms with E-state index in [1.165, 1.54) is 17.0 Å². The van der Waals surface area contributed by atoms with E-state index in [4.69, 9.17) is 5.26 Å². The number of benzene rings is 2. The Morgan fingerprint density at radius 2 is 2.08 bits per heavy atom. The fourth-order valence-corrected chi connectivity index (χ4v) is 2.83. The summed E-state index contributed by atoms with van der Waals surface area (Å²) < 4.78 is 13.9. The Kier molecular flexibility index (Phi) is 5.09. The molecule has 0 aliphatic carbocycles. The summed E-state index contributed by atoms with van der Waals surface area (Å²) >= 11 is 0. The Labute approximate surface area is 150 Å². The predicted molar refractivity (Wildman–Crippen MR) is 95.5 cm³/mol. The fraction of sp³-hybridized carbons (Fsp3) is 0.150. The van der Waals surface area contributed by atoms with Crippen LogP contribution < -0.4 is 10.2 Å². The van der Waals surface area contributed by atoms with Crippen LogP contribution in [0.15, 0.2) is 54.6 Å². The Bertz CT molecular complexity index is 917. The number of nitriles is 1. The maximum Gasteiger partial charge on any atom is 0.249 e. The van der Waals surface area contributed by atoms with Crippen LogP contribution in [-0.2, 0) is 9.59 Å². The van der Waals surface area contributed by atoms with Crippen LogP contribution in [0.1, 0.15) is 17.5 Å². The second kappa shape index (κ2) is 7.62. The summed E-state index contributed by atoms with van der Waals surface area (Å²) in [6.07, 6.45) is 3.30. The topological polar surface area (TPSA) is 73.2 Å².